The Morgan fingerprint density at radius 3 is 2.52 bits per heavy atom. The van der Waals surface area contributed by atoms with Gasteiger partial charge >= 0.3 is 6.03 Å². The molecule has 6 heteroatoms. The molecule has 3 heterocycles. The fourth-order valence-electron chi connectivity index (χ4n) is 4.41. The first-order valence-electron chi connectivity index (χ1n) is 10.7. The van der Waals surface area contributed by atoms with Gasteiger partial charge in [0.05, 0.1) is 0 Å². The number of carbonyl (C=O) groups excluding carboxylic acids is 1. The van der Waals surface area contributed by atoms with Gasteiger partial charge in [-0.1, -0.05) is 30.3 Å². The third-order valence-corrected chi connectivity index (χ3v) is 6.08. The average molecular weight is 394 g/mol. The van der Waals surface area contributed by atoms with Crippen molar-refractivity contribution in [3.05, 3.63) is 60.4 Å². The van der Waals surface area contributed by atoms with Crippen LogP contribution in [0.25, 0.3) is 0 Å². The van der Waals surface area contributed by atoms with Crippen LogP contribution in [0.5, 0.6) is 0 Å². The van der Waals surface area contributed by atoms with Crippen molar-refractivity contribution in [3.63, 3.8) is 0 Å². The molecule has 0 aliphatic carbocycles. The molecule has 29 heavy (non-hydrogen) atoms. The van der Waals surface area contributed by atoms with E-state index >= 15 is 0 Å². The molecule has 1 N–H and O–H groups in total. The monoisotopic (exact) mass is 393 g/mol. The number of nitrogens with one attached hydrogen (secondary N) is 1. The molecule has 2 aliphatic rings. The molecule has 1 atom stereocenters. The second-order valence-electron chi connectivity index (χ2n) is 7.96. The highest BCUT2D eigenvalue weighted by Gasteiger charge is 2.23. The first-order chi connectivity index (χ1) is 14.3. The SMILES string of the molecule is O=C(NCCN1CCCC(c2ccccc2)C1)N1CCN(c2ccncc2)CC1. The summed E-state index contributed by atoms with van der Waals surface area (Å²) < 4.78 is 0. The van der Waals surface area contributed by atoms with Crippen molar-refractivity contribution < 1.29 is 4.79 Å². The van der Waals surface area contributed by atoms with Gasteiger partial charge in [0.15, 0.2) is 0 Å². The molecule has 2 saturated heterocycles. The lowest BCUT2D eigenvalue weighted by molar-refractivity contribution is 0.184. The van der Waals surface area contributed by atoms with Crippen LogP contribution in [0.3, 0.4) is 0 Å². The highest BCUT2D eigenvalue weighted by Crippen LogP contribution is 2.26. The third kappa shape index (κ3) is 5.26. The summed E-state index contributed by atoms with van der Waals surface area (Å²) in [6, 6.07) is 14.9. The molecule has 0 spiro atoms. The van der Waals surface area contributed by atoms with Gasteiger partial charge in [0.1, 0.15) is 0 Å². The number of piperazine rings is 1. The Balaban J connectivity index is 1.18. The fourth-order valence-corrected chi connectivity index (χ4v) is 4.41. The number of aromatic nitrogens is 1. The molecule has 4 rings (SSSR count). The number of rotatable bonds is 5. The third-order valence-electron chi connectivity index (χ3n) is 6.08. The number of hydrogen-bond donors (Lipinski definition) is 1. The summed E-state index contributed by atoms with van der Waals surface area (Å²) in [6.07, 6.45) is 6.12. The van der Waals surface area contributed by atoms with Crippen LogP contribution in [0.2, 0.25) is 0 Å². The van der Waals surface area contributed by atoms with Crippen LogP contribution in [0.4, 0.5) is 10.5 Å². The van der Waals surface area contributed by atoms with Crippen molar-refractivity contribution in [1.29, 1.82) is 0 Å². The van der Waals surface area contributed by atoms with Crippen molar-refractivity contribution in [2.75, 3.05) is 57.3 Å². The molecule has 1 aromatic heterocycles. The largest absolute Gasteiger partial charge is 0.368 e. The summed E-state index contributed by atoms with van der Waals surface area (Å²) in [4.78, 5) is 23.3. The van der Waals surface area contributed by atoms with E-state index in [2.05, 4.69) is 50.4 Å². The van der Waals surface area contributed by atoms with E-state index in [0.29, 0.717) is 12.5 Å². The minimum absolute atomic E-state index is 0.0657. The van der Waals surface area contributed by atoms with E-state index in [1.807, 2.05) is 29.4 Å². The molecule has 154 valence electrons. The molecule has 2 aliphatic heterocycles. The zero-order valence-corrected chi connectivity index (χ0v) is 17.0. The summed E-state index contributed by atoms with van der Waals surface area (Å²) in [5.74, 6) is 0.613. The number of carbonyl (C=O) groups is 1. The topological polar surface area (TPSA) is 51.7 Å². The van der Waals surface area contributed by atoms with Crippen molar-refractivity contribution in [3.8, 4) is 0 Å². The first kappa shape index (κ1) is 19.7. The Morgan fingerprint density at radius 1 is 1.00 bits per heavy atom. The van der Waals surface area contributed by atoms with Crippen LogP contribution in [0, 0.1) is 0 Å². The van der Waals surface area contributed by atoms with E-state index in [1.54, 1.807) is 0 Å². The number of hydrogen-bond acceptors (Lipinski definition) is 4. The molecular formula is C23H31N5O. The van der Waals surface area contributed by atoms with Crippen LogP contribution in [0.15, 0.2) is 54.9 Å². The Bertz CT molecular complexity index is 761. The quantitative estimate of drug-likeness (QED) is 0.849. The number of piperidine rings is 1. The van der Waals surface area contributed by atoms with E-state index in [0.717, 1.165) is 45.8 Å². The number of benzene rings is 1. The maximum absolute atomic E-state index is 12.5. The van der Waals surface area contributed by atoms with E-state index < -0.39 is 0 Å². The fraction of sp³-hybridized carbons (Fsp3) is 0.478. The van der Waals surface area contributed by atoms with Crippen LogP contribution in [-0.4, -0.2) is 73.2 Å². The van der Waals surface area contributed by atoms with Crippen molar-refractivity contribution in [1.82, 2.24) is 20.1 Å². The standard InChI is InChI=1S/C23H31N5O/c29-23(28-17-15-27(16-18-28)22-8-10-24-11-9-22)25-12-14-26-13-4-7-21(19-26)20-5-2-1-3-6-20/h1-3,5-6,8-11,21H,4,7,12-19H2,(H,25,29). The van der Waals surface area contributed by atoms with E-state index in [-0.39, 0.29) is 6.03 Å². The number of anilines is 1. The van der Waals surface area contributed by atoms with Gasteiger partial charge in [-0.2, -0.15) is 0 Å². The maximum atomic E-state index is 12.5. The van der Waals surface area contributed by atoms with Gasteiger partial charge in [-0.3, -0.25) is 4.98 Å². The van der Waals surface area contributed by atoms with Crippen molar-refractivity contribution in [2.45, 2.75) is 18.8 Å². The Labute approximate surface area is 173 Å². The molecule has 2 fully saturated rings. The van der Waals surface area contributed by atoms with E-state index in [1.165, 1.54) is 24.1 Å². The zero-order valence-electron chi connectivity index (χ0n) is 17.0. The van der Waals surface area contributed by atoms with Gasteiger partial charge in [-0.25, -0.2) is 4.79 Å². The highest BCUT2D eigenvalue weighted by molar-refractivity contribution is 5.74. The summed E-state index contributed by atoms with van der Waals surface area (Å²) in [5.41, 5.74) is 2.62. The lowest BCUT2D eigenvalue weighted by Crippen LogP contribution is -2.52. The van der Waals surface area contributed by atoms with Crippen LogP contribution in [0.1, 0.15) is 24.3 Å². The summed E-state index contributed by atoms with van der Waals surface area (Å²) in [7, 11) is 0. The predicted molar refractivity (Wildman–Crippen MR) is 116 cm³/mol. The lowest BCUT2D eigenvalue weighted by atomic mass is 9.91. The molecule has 2 aromatic rings. The van der Waals surface area contributed by atoms with Crippen LogP contribution in [-0.2, 0) is 0 Å². The summed E-state index contributed by atoms with van der Waals surface area (Å²) in [5, 5.41) is 3.13. The molecule has 1 unspecified atom stereocenters. The minimum atomic E-state index is 0.0657. The zero-order chi connectivity index (χ0) is 19.9. The normalized spacial score (nSPS) is 20.5. The number of likely N-dealkylation sites (tertiary alicyclic amines) is 1. The van der Waals surface area contributed by atoms with Gasteiger partial charge in [-0.05, 0) is 43.0 Å². The summed E-state index contributed by atoms with van der Waals surface area (Å²) in [6.45, 7) is 7.10. The smallest absolute Gasteiger partial charge is 0.317 e. The number of urea groups is 1. The number of pyridine rings is 1. The van der Waals surface area contributed by atoms with Gasteiger partial charge in [0.2, 0.25) is 0 Å². The lowest BCUT2D eigenvalue weighted by Gasteiger charge is -2.36. The molecule has 6 nitrogen and oxygen atoms in total. The number of nitrogens with zero attached hydrogens (tertiary/aromatic N) is 4. The van der Waals surface area contributed by atoms with E-state index in [4.69, 9.17) is 0 Å². The second-order valence-corrected chi connectivity index (χ2v) is 7.96. The van der Waals surface area contributed by atoms with Crippen molar-refractivity contribution >= 4 is 11.7 Å². The number of amides is 2. The Morgan fingerprint density at radius 2 is 1.76 bits per heavy atom. The molecule has 2 amide bonds. The first-order valence-corrected chi connectivity index (χ1v) is 10.7. The Kier molecular flexibility index (Phi) is 6.62. The van der Waals surface area contributed by atoms with Gasteiger partial charge < -0.3 is 20.0 Å². The molecule has 0 radical (unpaired) electrons. The Hall–Kier alpha value is -2.60. The van der Waals surface area contributed by atoms with Crippen LogP contribution < -0.4 is 10.2 Å². The molecule has 0 bridgehead atoms. The summed E-state index contributed by atoms with van der Waals surface area (Å²) >= 11 is 0. The molecular weight excluding hydrogens is 362 g/mol. The minimum Gasteiger partial charge on any atom is -0.368 e. The maximum Gasteiger partial charge on any atom is 0.317 e. The van der Waals surface area contributed by atoms with Crippen molar-refractivity contribution in [2.24, 2.45) is 0 Å². The van der Waals surface area contributed by atoms with Gasteiger partial charge in [-0.15, -0.1) is 0 Å². The van der Waals surface area contributed by atoms with Gasteiger partial charge in [0.25, 0.3) is 0 Å². The predicted octanol–water partition coefficient (Wildman–Crippen LogP) is 2.79. The highest BCUT2D eigenvalue weighted by atomic mass is 16.2. The molecule has 0 saturated carbocycles. The second kappa shape index (κ2) is 9.74. The van der Waals surface area contributed by atoms with E-state index in [9.17, 15) is 4.79 Å². The van der Waals surface area contributed by atoms with Crippen LogP contribution >= 0.6 is 0 Å². The van der Waals surface area contributed by atoms with Gasteiger partial charge in [0, 0.05) is 63.9 Å². The average Bonchev–Trinajstić information content (AvgIpc) is 2.80. The molecule has 1 aromatic carbocycles.